The molecular formula is C17H18F2N2. The Morgan fingerprint density at radius 1 is 1.00 bits per heavy atom. The summed E-state index contributed by atoms with van der Waals surface area (Å²) in [5.74, 6) is -1.69. The average Bonchev–Trinajstić information content (AvgIpc) is 3.24. The normalized spacial score (nSPS) is 14.1. The van der Waals surface area contributed by atoms with Gasteiger partial charge >= 0.3 is 0 Å². The van der Waals surface area contributed by atoms with Crippen molar-refractivity contribution in [1.29, 1.82) is 0 Å². The molecule has 110 valence electrons. The van der Waals surface area contributed by atoms with E-state index in [1.54, 1.807) is 6.07 Å². The topological polar surface area (TPSA) is 24.1 Å². The van der Waals surface area contributed by atoms with Crippen LogP contribution in [0.2, 0.25) is 0 Å². The Bertz CT molecular complexity index is 679. The molecule has 0 unspecified atom stereocenters. The molecule has 2 nitrogen and oxygen atoms in total. The number of halogens is 2. The van der Waals surface area contributed by atoms with Crippen molar-refractivity contribution in [3.05, 3.63) is 53.1 Å². The summed E-state index contributed by atoms with van der Waals surface area (Å²) in [6.45, 7) is 3.94. The molecule has 2 aromatic rings. The lowest BCUT2D eigenvalue weighted by Gasteiger charge is -2.16. The Morgan fingerprint density at radius 3 is 2.38 bits per heavy atom. The number of anilines is 3. The van der Waals surface area contributed by atoms with Gasteiger partial charge in [-0.25, -0.2) is 8.78 Å². The van der Waals surface area contributed by atoms with Crippen molar-refractivity contribution < 1.29 is 8.78 Å². The molecule has 0 spiro atoms. The Hall–Kier alpha value is -2.10. The molecule has 0 amide bonds. The first kappa shape index (κ1) is 13.9. The van der Waals surface area contributed by atoms with Gasteiger partial charge in [0.25, 0.3) is 0 Å². The number of benzene rings is 2. The largest absolute Gasteiger partial charge is 0.381 e. The first-order valence-electron chi connectivity index (χ1n) is 7.13. The third kappa shape index (κ3) is 2.99. The highest BCUT2D eigenvalue weighted by Gasteiger charge is 2.24. The van der Waals surface area contributed by atoms with Crippen LogP contribution in [0.4, 0.5) is 25.8 Å². The molecule has 0 saturated heterocycles. The van der Waals surface area contributed by atoms with E-state index in [2.05, 4.69) is 10.6 Å². The van der Waals surface area contributed by atoms with Gasteiger partial charge in [-0.3, -0.25) is 0 Å². The van der Waals surface area contributed by atoms with Crippen LogP contribution in [0.25, 0.3) is 0 Å². The molecule has 0 aromatic heterocycles. The van der Waals surface area contributed by atoms with Crippen molar-refractivity contribution in [2.75, 3.05) is 10.6 Å². The fourth-order valence-electron chi connectivity index (χ4n) is 2.33. The Morgan fingerprint density at radius 2 is 1.71 bits per heavy atom. The van der Waals surface area contributed by atoms with Gasteiger partial charge in [0.15, 0.2) is 11.6 Å². The van der Waals surface area contributed by atoms with Gasteiger partial charge in [0.05, 0.1) is 5.69 Å². The van der Waals surface area contributed by atoms with E-state index in [0.29, 0.717) is 11.7 Å². The van der Waals surface area contributed by atoms with Crippen LogP contribution < -0.4 is 10.6 Å². The second kappa shape index (κ2) is 5.35. The maximum atomic E-state index is 14.2. The van der Waals surface area contributed by atoms with Gasteiger partial charge < -0.3 is 10.6 Å². The summed E-state index contributed by atoms with van der Waals surface area (Å²) in [4.78, 5) is 0. The minimum absolute atomic E-state index is 0.175. The standard InChI is InChI=1S/C17H18F2N2/c1-10-3-7-14(11(2)9-10)21-17-15(20-12-4-5-12)8-6-13(18)16(17)19/h3,6-9,12,20-21H,4-5H2,1-2H3. The third-order valence-electron chi connectivity index (χ3n) is 3.67. The van der Waals surface area contributed by atoms with Gasteiger partial charge in [-0.15, -0.1) is 0 Å². The highest BCUT2D eigenvalue weighted by molar-refractivity contribution is 5.76. The van der Waals surface area contributed by atoms with Crippen LogP contribution in [0.5, 0.6) is 0 Å². The van der Waals surface area contributed by atoms with Gasteiger partial charge in [0.2, 0.25) is 0 Å². The number of aryl methyl sites for hydroxylation is 2. The fraction of sp³-hybridized carbons (Fsp3) is 0.294. The summed E-state index contributed by atoms with van der Waals surface area (Å²) in [6.07, 6.45) is 2.14. The quantitative estimate of drug-likeness (QED) is 0.836. The SMILES string of the molecule is Cc1ccc(Nc2c(NC3CC3)ccc(F)c2F)c(C)c1. The molecule has 0 aliphatic heterocycles. The predicted molar refractivity (Wildman–Crippen MR) is 82.2 cm³/mol. The molecule has 4 heteroatoms. The second-order valence-electron chi connectivity index (χ2n) is 5.65. The number of hydrogen-bond acceptors (Lipinski definition) is 2. The van der Waals surface area contributed by atoms with Crippen molar-refractivity contribution >= 4 is 17.1 Å². The molecule has 1 aliphatic carbocycles. The van der Waals surface area contributed by atoms with E-state index in [9.17, 15) is 8.78 Å². The Kier molecular flexibility index (Phi) is 3.53. The molecule has 0 atom stereocenters. The van der Waals surface area contributed by atoms with Crippen molar-refractivity contribution in [3.63, 3.8) is 0 Å². The molecule has 2 N–H and O–H groups in total. The molecule has 21 heavy (non-hydrogen) atoms. The van der Waals surface area contributed by atoms with Crippen LogP contribution in [0.1, 0.15) is 24.0 Å². The van der Waals surface area contributed by atoms with Crippen LogP contribution in [-0.2, 0) is 0 Å². The number of hydrogen-bond donors (Lipinski definition) is 2. The molecular weight excluding hydrogens is 270 g/mol. The Labute approximate surface area is 123 Å². The van der Waals surface area contributed by atoms with Crippen LogP contribution in [0.3, 0.4) is 0 Å². The number of rotatable bonds is 4. The lowest BCUT2D eigenvalue weighted by Crippen LogP contribution is -2.07. The summed E-state index contributed by atoms with van der Waals surface area (Å²) >= 11 is 0. The molecule has 1 saturated carbocycles. The zero-order valence-corrected chi connectivity index (χ0v) is 12.1. The van der Waals surface area contributed by atoms with E-state index >= 15 is 0 Å². The molecule has 1 fully saturated rings. The lowest BCUT2D eigenvalue weighted by molar-refractivity contribution is 0.512. The first-order chi connectivity index (χ1) is 10.0. The lowest BCUT2D eigenvalue weighted by atomic mass is 10.1. The third-order valence-corrected chi connectivity index (χ3v) is 3.67. The van der Waals surface area contributed by atoms with Crippen molar-refractivity contribution in [2.45, 2.75) is 32.7 Å². The second-order valence-corrected chi connectivity index (χ2v) is 5.65. The minimum Gasteiger partial charge on any atom is -0.381 e. The highest BCUT2D eigenvalue weighted by Crippen LogP contribution is 2.35. The highest BCUT2D eigenvalue weighted by atomic mass is 19.2. The van der Waals surface area contributed by atoms with Crippen molar-refractivity contribution in [3.8, 4) is 0 Å². The van der Waals surface area contributed by atoms with Gasteiger partial charge in [0, 0.05) is 11.7 Å². The zero-order valence-electron chi connectivity index (χ0n) is 12.1. The molecule has 2 aromatic carbocycles. The van der Waals surface area contributed by atoms with Crippen LogP contribution in [0, 0.1) is 25.5 Å². The Balaban J connectivity index is 1.97. The average molecular weight is 288 g/mol. The van der Waals surface area contributed by atoms with E-state index in [1.165, 1.54) is 0 Å². The summed E-state index contributed by atoms with van der Waals surface area (Å²) in [6, 6.07) is 8.95. The maximum absolute atomic E-state index is 14.2. The molecule has 0 heterocycles. The maximum Gasteiger partial charge on any atom is 0.184 e. The summed E-state index contributed by atoms with van der Waals surface area (Å²) < 4.78 is 27.7. The van der Waals surface area contributed by atoms with Crippen molar-refractivity contribution in [1.82, 2.24) is 0 Å². The molecule has 3 rings (SSSR count). The fourth-order valence-corrected chi connectivity index (χ4v) is 2.33. The van der Waals surface area contributed by atoms with E-state index in [0.717, 1.165) is 35.7 Å². The zero-order chi connectivity index (χ0) is 15.0. The smallest absolute Gasteiger partial charge is 0.184 e. The van der Waals surface area contributed by atoms with Gasteiger partial charge in [-0.2, -0.15) is 0 Å². The predicted octanol–water partition coefficient (Wildman–Crippen LogP) is 4.90. The van der Waals surface area contributed by atoms with Crippen LogP contribution >= 0.6 is 0 Å². The van der Waals surface area contributed by atoms with E-state index in [-0.39, 0.29) is 5.69 Å². The van der Waals surface area contributed by atoms with Gasteiger partial charge in [0.1, 0.15) is 5.69 Å². The van der Waals surface area contributed by atoms with Crippen LogP contribution in [-0.4, -0.2) is 6.04 Å². The summed E-state index contributed by atoms with van der Waals surface area (Å²) in [5, 5.41) is 6.27. The van der Waals surface area contributed by atoms with E-state index < -0.39 is 11.6 Å². The minimum atomic E-state index is -0.847. The summed E-state index contributed by atoms with van der Waals surface area (Å²) in [5.41, 5.74) is 3.69. The van der Waals surface area contributed by atoms with E-state index in [4.69, 9.17) is 0 Å². The molecule has 0 radical (unpaired) electrons. The van der Waals surface area contributed by atoms with Crippen LogP contribution in [0.15, 0.2) is 30.3 Å². The van der Waals surface area contributed by atoms with E-state index in [1.807, 2.05) is 32.0 Å². The molecule has 1 aliphatic rings. The van der Waals surface area contributed by atoms with Crippen molar-refractivity contribution in [2.24, 2.45) is 0 Å². The molecule has 0 bridgehead atoms. The first-order valence-corrected chi connectivity index (χ1v) is 7.13. The number of nitrogens with one attached hydrogen (secondary N) is 2. The summed E-state index contributed by atoms with van der Waals surface area (Å²) in [7, 11) is 0. The van der Waals surface area contributed by atoms with Gasteiger partial charge in [-0.1, -0.05) is 17.7 Å². The monoisotopic (exact) mass is 288 g/mol. The van der Waals surface area contributed by atoms with Gasteiger partial charge in [-0.05, 0) is 50.5 Å².